The van der Waals surface area contributed by atoms with Gasteiger partial charge in [0.2, 0.25) is 0 Å². The first-order chi connectivity index (χ1) is 9.04. The Morgan fingerprint density at radius 2 is 2.05 bits per heavy atom. The number of methoxy groups -OCH3 is 1. The Balaban J connectivity index is 2.61. The van der Waals surface area contributed by atoms with Crippen LogP contribution >= 0.6 is 23.2 Å². The lowest BCUT2D eigenvalue weighted by atomic mass is 10.1. The van der Waals surface area contributed by atoms with E-state index < -0.39 is 5.97 Å². The highest BCUT2D eigenvalue weighted by Gasteiger charge is 2.15. The molecular weight excluding hydrogens is 287 g/mol. The number of hydrogen-bond donors (Lipinski definition) is 0. The molecule has 0 bridgehead atoms. The van der Waals surface area contributed by atoms with Crippen LogP contribution < -0.4 is 0 Å². The molecule has 1 heterocycles. The van der Waals surface area contributed by atoms with Crippen LogP contribution in [0.1, 0.15) is 16.2 Å². The van der Waals surface area contributed by atoms with Gasteiger partial charge < -0.3 is 4.74 Å². The predicted molar refractivity (Wildman–Crippen MR) is 73.6 cm³/mol. The van der Waals surface area contributed by atoms with Crippen LogP contribution in [0.25, 0.3) is 11.3 Å². The van der Waals surface area contributed by atoms with Crippen LogP contribution in [-0.4, -0.2) is 23.0 Å². The van der Waals surface area contributed by atoms with E-state index in [1.807, 2.05) is 0 Å². The van der Waals surface area contributed by atoms with Crippen molar-refractivity contribution >= 4 is 29.2 Å². The fourth-order valence-electron chi connectivity index (χ4n) is 1.59. The molecule has 4 nitrogen and oxygen atoms in total. The summed E-state index contributed by atoms with van der Waals surface area (Å²) in [4.78, 5) is 19.8. The molecule has 0 N–H and O–H groups in total. The van der Waals surface area contributed by atoms with E-state index in [-0.39, 0.29) is 5.69 Å². The summed E-state index contributed by atoms with van der Waals surface area (Å²) >= 11 is 12.1. The summed E-state index contributed by atoms with van der Waals surface area (Å²) in [5, 5.41) is 0.799. The summed E-state index contributed by atoms with van der Waals surface area (Å²) in [7, 11) is 1.29. The van der Waals surface area contributed by atoms with E-state index in [0.717, 1.165) is 0 Å². The Bertz CT molecular complexity index is 645. The van der Waals surface area contributed by atoms with Crippen molar-refractivity contribution < 1.29 is 9.53 Å². The van der Waals surface area contributed by atoms with Gasteiger partial charge in [-0.1, -0.05) is 35.3 Å². The SMILES string of the molecule is COC(=O)c1cnc(C)c(-c2cccc(Cl)c2Cl)n1. The maximum atomic E-state index is 11.5. The lowest BCUT2D eigenvalue weighted by Crippen LogP contribution is -2.07. The largest absolute Gasteiger partial charge is 0.464 e. The van der Waals surface area contributed by atoms with Crippen LogP contribution in [0.3, 0.4) is 0 Å². The third-order valence-electron chi connectivity index (χ3n) is 2.56. The summed E-state index contributed by atoms with van der Waals surface area (Å²) in [5.41, 5.74) is 1.91. The first-order valence-corrected chi connectivity index (χ1v) is 6.16. The maximum absolute atomic E-state index is 11.5. The molecule has 0 unspecified atom stereocenters. The second kappa shape index (κ2) is 5.55. The molecular formula is C13H10Cl2N2O2. The summed E-state index contributed by atoms with van der Waals surface area (Å²) < 4.78 is 4.62. The normalized spacial score (nSPS) is 10.3. The van der Waals surface area contributed by atoms with Gasteiger partial charge in [-0.25, -0.2) is 9.78 Å². The number of carbonyl (C=O) groups is 1. The average Bonchev–Trinajstić information content (AvgIpc) is 2.42. The van der Waals surface area contributed by atoms with E-state index in [2.05, 4.69) is 14.7 Å². The van der Waals surface area contributed by atoms with Crippen molar-refractivity contribution in [3.8, 4) is 11.3 Å². The summed E-state index contributed by atoms with van der Waals surface area (Å²) in [6, 6.07) is 5.21. The zero-order chi connectivity index (χ0) is 14.0. The van der Waals surface area contributed by atoms with Crippen molar-refractivity contribution in [3.05, 3.63) is 45.8 Å². The van der Waals surface area contributed by atoms with Gasteiger partial charge in [-0.2, -0.15) is 0 Å². The van der Waals surface area contributed by atoms with E-state index in [0.29, 0.717) is 27.0 Å². The van der Waals surface area contributed by atoms with Crippen LogP contribution in [0.2, 0.25) is 10.0 Å². The molecule has 1 aromatic carbocycles. The standard InChI is InChI=1S/C13H10Cl2N2O2/c1-7-12(8-4-3-5-9(14)11(8)15)17-10(6-16-7)13(18)19-2/h3-6H,1-2H3. The molecule has 0 amide bonds. The Labute approximate surface area is 120 Å². The molecule has 2 rings (SSSR count). The number of benzene rings is 1. The average molecular weight is 297 g/mol. The van der Waals surface area contributed by atoms with Gasteiger partial charge in [0.25, 0.3) is 0 Å². The molecule has 0 aliphatic rings. The van der Waals surface area contributed by atoms with Crippen LogP contribution in [0.4, 0.5) is 0 Å². The van der Waals surface area contributed by atoms with Gasteiger partial charge in [0.1, 0.15) is 0 Å². The zero-order valence-corrected chi connectivity index (χ0v) is 11.8. The summed E-state index contributed by atoms with van der Waals surface area (Å²) in [6.45, 7) is 1.78. The van der Waals surface area contributed by atoms with Crippen molar-refractivity contribution in [1.29, 1.82) is 0 Å². The van der Waals surface area contributed by atoms with Crippen molar-refractivity contribution in [2.45, 2.75) is 6.92 Å². The molecule has 0 atom stereocenters. The molecule has 0 saturated carbocycles. The zero-order valence-electron chi connectivity index (χ0n) is 10.3. The maximum Gasteiger partial charge on any atom is 0.358 e. The fourth-order valence-corrected chi connectivity index (χ4v) is 1.98. The number of aryl methyl sites for hydroxylation is 1. The molecule has 2 aromatic rings. The van der Waals surface area contributed by atoms with E-state index in [1.54, 1.807) is 25.1 Å². The van der Waals surface area contributed by atoms with E-state index in [9.17, 15) is 4.79 Å². The quantitative estimate of drug-likeness (QED) is 0.795. The Hall–Kier alpha value is -1.65. The monoisotopic (exact) mass is 296 g/mol. The molecule has 6 heteroatoms. The van der Waals surface area contributed by atoms with E-state index >= 15 is 0 Å². The molecule has 19 heavy (non-hydrogen) atoms. The van der Waals surface area contributed by atoms with Gasteiger partial charge in [0.05, 0.1) is 34.7 Å². The second-order valence-electron chi connectivity index (χ2n) is 3.78. The highest BCUT2D eigenvalue weighted by molar-refractivity contribution is 6.43. The number of rotatable bonds is 2. The first kappa shape index (κ1) is 13.8. The highest BCUT2D eigenvalue weighted by atomic mass is 35.5. The molecule has 0 radical (unpaired) electrons. The molecule has 98 valence electrons. The molecule has 0 aliphatic carbocycles. The third kappa shape index (κ3) is 2.69. The van der Waals surface area contributed by atoms with Gasteiger partial charge >= 0.3 is 5.97 Å². The Morgan fingerprint density at radius 1 is 1.32 bits per heavy atom. The number of hydrogen-bond acceptors (Lipinski definition) is 4. The lowest BCUT2D eigenvalue weighted by Gasteiger charge is -2.09. The van der Waals surface area contributed by atoms with Gasteiger partial charge in [-0.3, -0.25) is 4.98 Å². The molecule has 0 saturated heterocycles. The van der Waals surface area contributed by atoms with Crippen molar-refractivity contribution in [3.63, 3.8) is 0 Å². The summed E-state index contributed by atoms with van der Waals surface area (Å²) in [6.07, 6.45) is 1.36. The van der Waals surface area contributed by atoms with Crippen molar-refractivity contribution in [2.24, 2.45) is 0 Å². The van der Waals surface area contributed by atoms with Crippen LogP contribution in [0, 0.1) is 6.92 Å². The molecule has 0 fully saturated rings. The van der Waals surface area contributed by atoms with Crippen LogP contribution in [-0.2, 0) is 4.74 Å². The van der Waals surface area contributed by atoms with Crippen molar-refractivity contribution in [2.75, 3.05) is 7.11 Å². The number of aromatic nitrogens is 2. The van der Waals surface area contributed by atoms with Crippen molar-refractivity contribution in [1.82, 2.24) is 9.97 Å². The Morgan fingerprint density at radius 3 is 2.74 bits per heavy atom. The lowest BCUT2D eigenvalue weighted by molar-refractivity contribution is 0.0593. The number of ether oxygens (including phenoxy) is 1. The number of carbonyl (C=O) groups excluding carboxylic acids is 1. The third-order valence-corrected chi connectivity index (χ3v) is 3.38. The van der Waals surface area contributed by atoms with Gasteiger partial charge in [0.15, 0.2) is 5.69 Å². The van der Waals surface area contributed by atoms with E-state index in [4.69, 9.17) is 23.2 Å². The minimum Gasteiger partial charge on any atom is -0.464 e. The predicted octanol–water partition coefficient (Wildman–Crippen LogP) is 3.55. The molecule has 0 spiro atoms. The highest BCUT2D eigenvalue weighted by Crippen LogP contribution is 2.33. The minimum atomic E-state index is -0.549. The van der Waals surface area contributed by atoms with Gasteiger partial charge in [-0.05, 0) is 13.0 Å². The minimum absolute atomic E-state index is 0.124. The van der Waals surface area contributed by atoms with Gasteiger partial charge in [-0.15, -0.1) is 0 Å². The number of esters is 1. The number of halogens is 2. The Kier molecular flexibility index (Phi) is 4.02. The summed E-state index contributed by atoms with van der Waals surface area (Å²) in [5.74, 6) is -0.549. The fraction of sp³-hybridized carbons (Fsp3) is 0.154. The van der Waals surface area contributed by atoms with E-state index in [1.165, 1.54) is 13.3 Å². The topological polar surface area (TPSA) is 52.1 Å². The first-order valence-electron chi connectivity index (χ1n) is 5.41. The van der Waals surface area contributed by atoms with Crippen LogP contribution in [0.5, 0.6) is 0 Å². The second-order valence-corrected chi connectivity index (χ2v) is 4.57. The van der Waals surface area contributed by atoms with Gasteiger partial charge in [0, 0.05) is 5.56 Å². The molecule has 1 aromatic heterocycles. The molecule has 0 aliphatic heterocycles. The smallest absolute Gasteiger partial charge is 0.358 e. The van der Waals surface area contributed by atoms with Crippen LogP contribution in [0.15, 0.2) is 24.4 Å². The number of nitrogens with zero attached hydrogens (tertiary/aromatic N) is 2.